The Labute approximate surface area is 230 Å². The summed E-state index contributed by atoms with van der Waals surface area (Å²) in [6.07, 6.45) is -0.543. The monoisotopic (exact) mass is 512 g/mol. The van der Waals surface area contributed by atoms with Gasteiger partial charge in [-0.2, -0.15) is 9.78 Å². The highest BCUT2D eigenvalue weighted by atomic mass is 17.5. The molecule has 0 radical (unpaired) electrons. The van der Waals surface area contributed by atoms with Gasteiger partial charge in [-0.25, -0.2) is 0 Å². The molecular formula is C36H32O3. The molecule has 6 rings (SSSR count). The molecule has 2 atom stereocenters. The second kappa shape index (κ2) is 10.3. The maximum absolute atomic E-state index is 6.67. The molecule has 3 nitrogen and oxygen atoms in total. The standard InChI is InChI=1S/C36H32O3/c1-26-24-25-33(28(3)27(26)2)36(32-22-14-7-15-23-32)35(30-18-10-5-11-19-30,31-20-12-6-13-21-31)34(37-39-38-36)29-16-8-4-9-17-29/h4-25,34H,1-3H3. The van der Waals surface area contributed by atoms with E-state index in [1.807, 2.05) is 36.4 Å². The fourth-order valence-corrected chi connectivity index (χ4v) is 6.34. The van der Waals surface area contributed by atoms with E-state index < -0.39 is 17.1 Å². The van der Waals surface area contributed by atoms with Gasteiger partial charge in [0.2, 0.25) is 0 Å². The molecule has 1 aliphatic heterocycles. The lowest BCUT2D eigenvalue weighted by Crippen LogP contribution is -2.59. The van der Waals surface area contributed by atoms with Gasteiger partial charge in [0.25, 0.3) is 0 Å². The fourth-order valence-electron chi connectivity index (χ4n) is 6.34. The summed E-state index contributed by atoms with van der Waals surface area (Å²) in [7, 11) is 0. The predicted octanol–water partition coefficient (Wildman–Crippen LogP) is 8.48. The minimum absolute atomic E-state index is 0.543. The Kier molecular flexibility index (Phi) is 6.66. The van der Waals surface area contributed by atoms with E-state index in [2.05, 4.69) is 118 Å². The maximum atomic E-state index is 6.67. The van der Waals surface area contributed by atoms with Gasteiger partial charge in [0, 0.05) is 0 Å². The molecule has 5 aromatic rings. The summed E-state index contributed by atoms with van der Waals surface area (Å²) in [5.74, 6) is 0. The van der Waals surface area contributed by atoms with Crippen LogP contribution in [-0.4, -0.2) is 0 Å². The molecule has 0 saturated carbocycles. The summed E-state index contributed by atoms with van der Waals surface area (Å²) >= 11 is 0. The highest BCUT2D eigenvalue weighted by Crippen LogP contribution is 2.63. The molecular weight excluding hydrogens is 480 g/mol. The van der Waals surface area contributed by atoms with Gasteiger partial charge >= 0.3 is 0 Å². The summed E-state index contributed by atoms with van der Waals surface area (Å²) in [6.45, 7) is 6.50. The van der Waals surface area contributed by atoms with Crippen LogP contribution in [0.5, 0.6) is 0 Å². The van der Waals surface area contributed by atoms with Crippen LogP contribution in [0.4, 0.5) is 0 Å². The quantitative estimate of drug-likeness (QED) is 0.221. The largest absolute Gasteiger partial charge is 0.196 e. The van der Waals surface area contributed by atoms with Crippen molar-refractivity contribution in [3.63, 3.8) is 0 Å². The maximum Gasteiger partial charge on any atom is 0.173 e. The van der Waals surface area contributed by atoms with Crippen molar-refractivity contribution in [2.75, 3.05) is 0 Å². The van der Waals surface area contributed by atoms with Crippen LogP contribution in [0.2, 0.25) is 0 Å². The first-order valence-corrected chi connectivity index (χ1v) is 13.4. The number of rotatable bonds is 5. The molecule has 1 heterocycles. The molecule has 1 fully saturated rings. The van der Waals surface area contributed by atoms with E-state index in [0.717, 1.165) is 33.4 Å². The third-order valence-electron chi connectivity index (χ3n) is 8.42. The summed E-state index contributed by atoms with van der Waals surface area (Å²) in [4.78, 5) is 12.9. The SMILES string of the molecule is Cc1ccc(C2(c3ccccc3)OOOC(c3ccccc3)C2(c2ccccc2)c2ccccc2)c(C)c1C. The smallest absolute Gasteiger partial charge is 0.173 e. The number of benzene rings is 5. The van der Waals surface area contributed by atoms with Crippen LogP contribution in [0, 0.1) is 20.8 Å². The van der Waals surface area contributed by atoms with Gasteiger partial charge in [0.1, 0.15) is 6.10 Å². The van der Waals surface area contributed by atoms with Gasteiger partial charge in [-0.3, -0.25) is 0 Å². The fraction of sp³-hybridized carbons (Fsp3) is 0.167. The predicted molar refractivity (Wildman–Crippen MR) is 154 cm³/mol. The first kappa shape index (κ1) is 25.3. The molecule has 194 valence electrons. The lowest BCUT2D eigenvalue weighted by Gasteiger charge is -2.56. The lowest BCUT2D eigenvalue weighted by molar-refractivity contribution is -0.598. The van der Waals surface area contributed by atoms with E-state index in [9.17, 15) is 0 Å². The molecule has 39 heavy (non-hydrogen) atoms. The normalized spacial score (nSPS) is 20.4. The molecule has 1 saturated heterocycles. The van der Waals surface area contributed by atoms with Crippen molar-refractivity contribution in [3.8, 4) is 0 Å². The molecule has 0 amide bonds. The number of hydrogen-bond acceptors (Lipinski definition) is 3. The van der Waals surface area contributed by atoms with Gasteiger partial charge in [0.05, 0.1) is 5.41 Å². The molecule has 2 unspecified atom stereocenters. The zero-order chi connectivity index (χ0) is 26.9. The topological polar surface area (TPSA) is 27.7 Å². The first-order valence-electron chi connectivity index (χ1n) is 13.4. The third-order valence-corrected chi connectivity index (χ3v) is 8.42. The van der Waals surface area contributed by atoms with Crippen molar-refractivity contribution >= 4 is 0 Å². The molecule has 0 aliphatic carbocycles. The lowest BCUT2D eigenvalue weighted by atomic mass is 9.54. The Bertz CT molecular complexity index is 1510. The first-order chi connectivity index (χ1) is 19.1. The minimum Gasteiger partial charge on any atom is -0.196 e. The van der Waals surface area contributed by atoms with E-state index >= 15 is 0 Å². The van der Waals surface area contributed by atoms with E-state index in [1.54, 1.807) is 0 Å². The molecule has 1 aliphatic rings. The van der Waals surface area contributed by atoms with E-state index in [4.69, 9.17) is 14.8 Å². The summed E-state index contributed by atoms with van der Waals surface area (Å²) in [6, 6.07) is 46.2. The van der Waals surface area contributed by atoms with Gasteiger partial charge in [0.15, 0.2) is 5.60 Å². The van der Waals surface area contributed by atoms with E-state index in [0.29, 0.717) is 0 Å². The van der Waals surface area contributed by atoms with Crippen molar-refractivity contribution in [2.45, 2.75) is 37.9 Å². The van der Waals surface area contributed by atoms with Gasteiger partial charge in [-0.15, -0.1) is 0 Å². The van der Waals surface area contributed by atoms with Crippen LogP contribution in [0.1, 0.15) is 50.6 Å². The van der Waals surface area contributed by atoms with Gasteiger partial charge in [-0.05, 0) is 65.3 Å². The van der Waals surface area contributed by atoms with E-state index in [1.165, 1.54) is 11.1 Å². The highest BCUT2D eigenvalue weighted by molar-refractivity contribution is 5.59. The van der Waals surface area contributed by atoms with E-state index in [-0.39, 0.29) is 0 Å². The Balaban J connectivity index is 1.85. The van der Waals surface area contributed by atoms with Crippen molar-refractivity contribution in [1.82, 2.24) is 0 Å². The zero-order valence-electron chi connectivity index (χ0n) is 22.5. The van der Waals surface area contributed by atoms with Gasteiger partial charge in [-0.1, -0.05) is 138 Å². The number of hydrogen-bond donors (Lipinski definition) is 0. The molecule has 5 aromatic carbocycles. The van der Waals surface area contributed by atoms with Crippen LogP contribution < -0.4 is 0 Å². The average Bonchev–Trinajstić information content (AvgIpc) is 3.01. The zero-order valence-corrected chi connectivity index (χ0v) is 22.5. The molecule has 0 aromatic heterocycles. The summed E-state index contributed by atoms with van der Waals surface area (Å²) < 4.78 is 0. The van der Waals surface area contributed by atoms with Crippen LogP contribution >= 0.6 is 0 Å². The van der Waals surface area contributed by atoms with Crippen LogP contribution in [0.25, 0.3) is 0 Å². The molecule has 3 heteroatoms. The Morgan fingerprint density at radius 1 is 0.513 bits per heavy atom. The molecule has 0 bridgehead atoms. The second-order valence-corrected chi connectivity index (χ2v) is 10.3. The Morgan fingerprint density at radius 3 is 1.54 bits per heavy atom. The Hall–Kier alpha value is -4.02. The van der Waals surface area contributed by atoms with Crippen molar-refractivity contribution in [1.29, 1.82) is 0 Å². The van der Waals surface area contributed by atoms with Crippen molar-refractivity contribution in [3.05, 3.63) is 178 Å². The summed E-state index contributed by atoms with van der Waals surface area (Å²) in [5.41, 5.74) is 6.76. The number of aryl methyl sites for hydroxylation is 1. The molecule has 0 spiro atoms. The highest BCUT2D eigenvalue weighted by Gasteiger charge is 2.66. The second-order valence-electron chi connectivity index (χ2n) is 10.3. The van der Waals surface area contributed by atoms with Crippen LogP contribution in [0.3, 0.4) is 0 Å². The van der Waals surface area contributed by atoms with Crippen molar-refractivity contribution < 1.29 is 14.8 Å². The average molecular weight is 513 g/mol. The summed E-state index contributed by atoms with van der Waals surface area (Å²) in [5, 5.41) is 5.78. The van der Waals surface area contributed by atoms with Crippen LogP contribution in [-0.2, 0) is 25.8 Å². The third kappa shape index (κ3) is 3.85. The van der Waals surface area contributed by atoms with Gasteiger partial charge < -0.3 is 0 Å². The Morgan fingerprint density at radius 2 is 1.00 bits per heavy atom. The van der Waals surface area contributed by atoms with Crippen molar-refractivity contribution in [2.24, 2.45) is 0 Å². The molecule has 0 N–H and O–H groups in total. The minimum atomic E-state index is -1.11. The van der Waals surface area contributed by atoms with Crippen LogP contribution in [0.15, 0.2) is 133 Å².